The van der Waals surface area contributed by atoms with Gasteiger partial charge >= 0.3 is 6.03 Å². The zero-order valence-electron chi connectivity index (χ0n) is 13.5. The van der Waals surface area contributed by atoms with Gasteiger partial charge in [0.1, 0.15) is 0 Å². The molecule has 2 amide bonds. The average molecular weight is 310 g/mol. The molecule has 1 aliphatic carbocycles. The maximum atomic E-state index is 12.4. The molecule has 1 aliphatic rings. The van der Waals surface area contributed by atoms with Crippen molar-refractivity contribution >= 4 is 22.6 Å². The van der Waals surface area contributed by atoms with Gasteiger partial charge in [-0.15, -0.1) is 0 Å². The molecule has 120 valence electrons. The number of carbonyl (C=O) groups is 1. The van der Waals surface area contributed by atoms with Crippen LogP contribution < -0.4 is 5.32 Å². The Morgan fingerprint density at radius 2 is 2.26 bits per heavy atom. The third-order valence-electron chi connectivity index (χ3n) is 4.20. The van der Waals surface area contributed by atoms with Gasteiger partial charge in [0.15, 0.2) is 0 Å². The molecule has 0 unspecified atom stereocenters. The van der Waals surface area contributed by atoms with Crippen LogP contribution in [0.5, 0.6) is 0 Å². The Morgan fingerprint density at radius 1 is 1.43 bits per heavy atom. The van der Waals surface area contributed by atoms with Crippen LogP contribution in [0.3, 0.4) is 0 Å². The smallest absolute Gasteiger partial charge is 0.322 e. The van der Waals surface area contributed by atoms with E-state index in [1.807, 2.05) is 12.1 Å². The monoisotopic (exact) mass is 310 g/mol. The fraction of sp³-hybridized carbons (Fsp3) is 0.444. The number of urea groups is 1. The fourth-order valence-corrected chi connectivity index (χ4v) is 2.92. The molecule has 0 spiro atoms. The van der Waals surface area contributed by atoms with Crippen molar-refractivity contribution in [1.82, 2.24) is 9.47 Å². The van der Waals surface area contributed by atoms with Crippen LogP contribution in [0.25, 0.3) is 10.9 Å². The van der Waals surface area contributed by atoms with E-state index in [-0.39, 0.29) is 6.03 Å². The first-order valence-electron chi connectivity index (χ1n) is 8.26. The minimum absolute atomic E-state index is 0.102. The molecule has 0 radical (unpaired) electrons. The van der Waals surface area contributed by atoms with Gasteiger partial charge in [0.2, 0.25) is 0 Å². The van der Waals surface area contributed by atoms with E-state index in [9.17, 15) is 4.79 Å². The molecule has 0 aliphatic heterocycles. The Morgan fingerprint density at radius 3 is 2.96 bits per heavy atom. The summed E-state index contributed by atoms with van der Waals surface area (Å²) in [5, 5.41) is 12.8. The van der Waals surface area contributed by atoms with Crippen LogP contribution >= 0.6 is 0 Å². The molecule has 0 saturated heterocycles. The average Bonchev–Trinajstić information content (AvgIpc) is 3.30. The van der Waals surface area contributed by atoms with E-state index in [4.69, 9.17) is 5.26 Å². The van der Waals surface area contributed by atoms with E-state index in [1.165, 1.54) is 5.52 Å². The molecule has 1 N–H and O–H groups in total. The molecule has 5 heteroatoms. The van der Waals surface area contributed by atoms with Crippen molar-refractivity contribution in [2.24, 2.45) is 0 Å². The van der Waals surface area contributed by atoms with Crippen LogP contribution in [0.4, 0.5) is 10.5 Å². The largest absolute Gasteiger partial charge is 0.347 e. The Hall–Kier alpha value is -2.48. The zero-order chi connectivity index (χ0) is 16.2. The minimum Gasteiger partial charge on any atom is -0.347 e. The van der Waals surface area contributed by atoms with Crippen molar-refractivity contribution in [2.45, 2.75) is 45.2 Å². The topological polar surface area (TPSA) is 61.1 Å². The van der Waals surface area contributed by atoms with Crippen LogP contribution in [0.1, 0.15) is 32.6 Å². The number of nitrogens with one attached hydrogen (secondary N) is 1. The molecule has 3 rings (SSSR count). The quantitative estimate of drug-likeness (QED) is 0.877. The summed E-state index contributed by atoms with van der Waals surface area (Å²) in [6.45, 7) is 3.66. The Balaban J connectivity index is 1.72. The lowest BCUT2D eigenvalue weighted by molar-refractivity contribution is 0.210. The highest BCUT2D eigenvalue weighted by Crippen LogP contribution is 2.28. The fourth-order valence-electron chi connectivity index (χ4n) is 2.92. The van der Waals surface area contributed by atoms with Gasteiger partial charge in [0.05, 0.1) is 12.5 Å². The van der Waals surface area contributed by atoms with Crippen molar-refractivity contribution in [3.8, 4) is 6.07 Å². The van der Waals surface area contributed by atoms with Gasteiger partial charge in [-0.1, -0.05) is 6.92 Å². The van der Waals surface area contributed by atoms with Crippen LogP contribution in [-0.4, -0.2) is 28.1 Å². The lowest BCUT2D eigenvalue weighted by Gasteiger charge is -2.21. The second-order valence-electron chi connectivity index (χ2n) is 6.05. The SMILES string of the molecule is CCCn1ccc2cc(NC(=O)N(CCC#N)C3CC3)ccc21. The molecule has 1 saturated carbocycles. The number of amides is 2. The lowest BCUT2D eigenvalue weighted by Crippen LogP contribution is -2.37. The van der Waals surface area contributed by atoms with Gasteiger partial charge in [0, 0.05) is 41.9 Å². The molecule has 23 heavy (non-hydrogen) atoms. The number of nitrogens with zero attached hydrogens (tertiary/aromatic N) is 3. The zero-order valence-corrected chi connectivity index (χ0v) is 13.5. The maximum Gasteiger partial charge on any atom is 0.322 e. The minimum atomic E-state index is -0.102. The summed E-state index contributed by atoms with van der Waals surface area (Å²) in [6.07, 6.45) is 5.64. The van der Waals surface area contributed by atoms with E-state index in [2.05, 4.69) is 41.2 Å². The predicted molar refractivity (Wildman–Crippen MR) is 91.2 cm³/mol. The molecular weight excluding hydrogens is 288 g/mol. The van der Waals surface area contributed by atoms with Gasteiger partial charge < -0.3 is 14.8 Å². The molecular formula is C18H22N4O. The third kappa shape index (κ3) is 3.48. The second kappa shape index (κ2) is 6.74. The molecule has 1 fully saturated rings. The van der Waals surface area contributed by atoms with Gasteiger partial charge in [-0.3, -0.25) is 0 Å². The molecule has 1 aromatic carbocycles. The Labute approximate surface area is 136 Å². The van der Waals surface area contributed by atoms with E-state index in [0.29, 0.717) is 19.0 Å². The third-order valence-corrected chi connectivity index (χ3v) is 4.20. The van der Waals surface area contributed by atoms with E-state index >= 15 is 0 Å². The molecule has 0 bridgehead atoms. The van der Waals surface area contributed by atoms with Crippen LogP contribution in [0.15, 0.2) is 30.5 Å². The van der Waals surface area contributed by atoms with Crippen molar-refractivity contribution < 1.29 is 4.79 Å². The predicted octanol–water partition coefficient (Wildman–Crippen LogP) is 3.96. The standard InChI is InChI=1S/C18H22N4O/c1-2-10-21-12-8-14-13-15(4-7-17(14)21)20-18(23)22(11-3-9-19)16-5-6-16/h4,7-8,12-13,16H,2-3,5-6,10-11H2,1H3,(H,20,23). The first-order valence-corrected chi connectivity index (χ1v) is 8.26. The summed E-state index contributed by atoms with van der Waals surface area (Å²) in [6, 6.07) is 10.4. The normalized spacial score (nSPS) is 13.7. The number of benzene rings is 1. The second-order valence-corrected chi connectivity index (χ2v) is 6.05. The molecule has 0 atom stereocenters. The number of fused-ring (bicyclic) bond motifs is 1. The van der Waals surface area contributed by atoms with Crippen LogP contribution in [-0.2, 0) is 6.54 Å². The van der Waals surface area contributed by atoms with E-state index < -0.39 is 0 Å². The Kier molecular flexibility index (Phi) is 4.52. The summed E-state index contributed by atoms with van der Waals surface area (Å²) in [5.74, 6) is 0. The highest BCUT2D eigenvalue weighted by Gasteiger charge is 2.32. The van der Waals surface area contributed by atoms with Gasteiger partial charge in [-0.05, 0) is 43.5 Å². The number of hydrogen-bond donors (Lipinski definition) is 1. The molecule has 5 nitrogen and oxygen atoms in total. The van der Waals surface area contributed by atoms with E-state index in [1.54, 1.807) is 4.90 Å². The van der Waals surface area contributed by atoms with Gasteiger partial charge in [-0.25, -0.2) is 4.79 Å². The van der Waals surface area contributed by atoms with Crippen molar-refractivity contribution in [3.05, 3.63) is 30.5 Å². The van der Waals surface area contributed by atoms with E-state index in [0.717, 1.165) is 36.9 Å². The lowest BCUT2D eigenvalue weighted by atomic mass is 10.2. The summed E-state index contributed by atoms with van der Waals surface area (Å²) < 4.78 is 2.23. The van der Waals surface area contributed by atoms with Crippen molar-refractivity contribution in [1.29, 1.82) is 5.26 Å². The van der Waals surface area contributed by atoms with Crippen LogP contribution in [0.2, 0.25) is 0 Å². The van der Waals surface area contributed by atoms with Gasteiger partial charge in [-0.2, -0.15) is 5.26 Å². The van der Waals surface area contributed by atoms with Crippen LogP contribution in [0, 0.1) is 11.3 Å². The number of aromatic nitrogens is 1. The number of rotatable bonds is 6. The Bertz CT molecular complexity index is 739. The number of carbonyl (C=O) groups excluding carboxylic acids is 1. The number of nitriles is 1. The number of hydrogen-bond acceptors (Lipinski definition) is 2. The summed E-state index contributed by atoms with van der Waals surface area (Å²) >= 11 is 0. The highest BCUT2D eigenvalue weighted by atomic mass is 16.2. The highest BCUT2D eigenvalue weighted by molar-refractivity contribution is 5.93. The molecule has 2 aromatic rings. The molecule has 1 aromatic heterocycles. The first kappa shape index (κ1) is 15.4. The maximum absolute atomic E-state index is 12.4. The summed E-state index contributed by atoms with van der Waals surface area (Å²) in [4.78, 5) is 14.2. The summed E-state index contributed by atoms with van der Waals surface area (Å²) in [5.41, 5.74) is 1.99. The summed E-state index contributed by atoms with van der Waals surface area (Å²) in [7, 11) is 0. The van der Waals surface area contributed by atoms with Gasteiger partial charge in [0.25, 0.3) is 0 Å². The molecule has 1 heterocycles. The van der Waals surface area contributed by atoms with Crippen molar-refractivity contribution in [2.75, 3.05) is 11.9 Å². The van der Waals surface area contributed by atoms with Crippen molar-refractivity contribution in [3.63, 3.8) is 0 Å². The number of aryl methyl sites for hydroxylation is 1. The first-order chi connectivity index (χ1) is 11.2. The number of anilines is 1.